The van der Waals surface area contributed by atoms with Crippen molar-refractivity contribution in [1.82, 2.24) is 10.7 Å². The zero-order chi connectivity index (χ0) is 13.7. The molecule has 0 heterocycles. The van der Waals surface area contributed by atoms with E-state index in [9.17, 15) is 4.79 Å². The first-order valence-electron chi connectivity index (χ1n) is 5.89. The second-order valence-electron chi connectivity index (χ2n) is 4.30. The van der Waals surface area contributed by atoms with E-state index in [1.165, 1.54) is 11.1 Å². The van der Waals surface area contributed by atoms with Crippen LogP contribution in [0, 0.1) is 20.8 Å². The van der Waals surface area contributed by atoms with Crippen LogP contribution >= 0.6 is 0 Å². The molecule has 0 fully saturated rings. The third kappa shape index (κ3) is 3.13. The molecule has 2 amide bonds. The van der Waals surface area contributed by atoms with E-state index in [-0.39, 0.29) is 6.03 Å². The van der Waals surface area contributed by atoms with Crippen LogP contribution < -0.4 is 21.3 Å². The van der Waals surface area contributed by atoms with Crippen molar-refractivity contribution in [2.24, 2.45) is 5.84 Å². The Morgan fingerprint density at radius 2 is 2.00 bits per heavy atom. The van der Waals surface area contributed by atoms with E-state index in [0.29, 0.717) is 13.0 Å². The lowest BCUT2D eigenvalue weighted by atomic mass is 9.97. The van der Waals surface area contributed by atoms with Crippen LogP contribution in [0.2, 0.25) is 0 Å². The van der Waals surface area contributed by atoms with E-state index in [4.69, 9.17) is 10.6 Å². The predicted molar refractivity (Wildman–Crippen MR) is 71.6 cm³/mol. The second-order valence-corrected chi connectivity index (χ2v) is 4.30. The summed E-state index contributed by atoms with van der Waals surface area (Å²) >= 11 is 0. The molecule has 1 aromatic rings. The van der Waals surface area contributed by atoms with Gasteiger partial charge in [-0.1, -0.05) is 6.07 Å². The summed E-state index contributed by atoms with van der Waals surface area (Å²) in [7, 11) is 1.67. The molecule has 5 nitrogen and oxygen atoms in total. The van der Waals surface area contributed by atoms with Gasteiger partial charge in [0.1, 0.15) is 5.75 Å². The summed E-state index contributed by atoms with van der Waals surface area (Å²) in [6.07, 6.45) is 0.712. The average molecular weight is 251 g/mol. The number of rotatable bonds is 4. The lowest BCUT2D eigenvalue weighted by Crippen LogP contribution is -2.40. The maximum Gasteiger partial charge on any atom is 0.328 e. The van der Waals surface area contributed by atoms with Gasteiger partial charge in [-0.15, -0.1) is 0 Å². The van der Waals surface area contributed by atoms with Crippen LogP contribution in [0.25, 0.3) is 0 Å². The highest BCUT2D eigenvalue weighted by Crippen LogP contribution is 2.29. The maximum absolute atomic E-state index is 11.0. The minimum atomic E-state index is -0.379. The second kappa shape index (κ2) is 6.26. The van der Waals surface area contributed by atoms with Crippen molar-refractivity contribution in [2.45, 2.75) is 27.2 Å². The first-order chi connectivity index (χ1) is 8.51. The molecule has 0 aromatic heterocycles. The number of nitrogens with one attached hydrogen (secondary N) is 2. The van der Waals surface area contributed by atoms with Gasteiger partial charge >= 0.3 is 6.03 Å². The monoisotopic (exact) mass is 251 g/mol. The highest BCUT2D eigenvalue weighted by atomic mass is 16.5. The Hall–Kier alpha value is -1.75. The highest BCUT2D eigenvalue weighted by Gasteiger charge is 2.12. The summed E-state index contributed by atoms with van der Waals surface area (Å²) < 4.78 is 5.47. The molecular weight excluding hydrogens is 230 g/mol. The number of methoxy groups -OCH3 is 1. The van der Waals surface area contributed by atoms with Crippen molar-refractivity contribution in [2.75, 3.05) is 13.7 Å². The molecule has 0 spiro atoms. The lowest BCUT2D eigenvalue weighted by molar-refractivity contribution is 0.241. The summed E-state index contributed by atoms with van der Waals surface area (Å²) in [6.45, 7) is 6.67. The molecule has 0 aliphatic rings. The van der Waals surface area contributed by atoms with Gasteiger partial charge in [0.25, 0.3) is 0 Å². The molecule has 100 valence electrons. The quantitative estimate of drug-likeness (QED) is 0.429. The number of ether oxygens (including phenoxy) is 1. The van der Waals surface area contributed by atoms with E-state index < -0.39 is 0 Å². The number of amides is 2. The van der Waals surface area contributed by atoms with Crippen molar-refractivity contribution in [1.29, 1.82) is 0 Å². The lowest BCUT2D eigenvalue weighted by Gasteiger charge is -2.16. The molecule has 5 heteroatoms. The van der Waals surface area contributed by atoms with Gasteiger partial charge in [-0.3, -0.25) is 5.43 Å². The van der Waals surface area contributed by atoms with Gasteiger partial charge in [-0.05, 0) is 49.4 Å². The normalized spacial score (nSPS) is 10.1. The van der Waals surface area contributed by atoms with Gasteiger partial charge in [0.05, 0.1) is 7.11 Å². The molecule has 0 saturated carbocycles. The molecule has 18 heavy (non-hydrogen) atoms. The average Bonchev–Trinajstić information content (AvgIpc) is 2.35. The van der Waals surface area contributed by atoms with Crippen LogP contribution in [0.4, 0.5) is 4.79 Å². The third-order valence-electron chi connectivity index (χ3n) is 3.11. The smallest absolute Gasteiger partial charge is 0.328 e. The number of hydrogen-bond donors (Lipinski definition) is 3. The number of carbonyl (C=O) groups excluding carboxylic acids is 1. The highest BCUT2D eigenvalue weighted by molar-refractivity contribution is 5.73. The van der Waals surface area contributed by atoms with Crippen LogP contribution in [-0.2, 0) is 6.42 Å². The summed E-state index contributed by atoms with van der Waals surface area (Å²) in [4.78, 5) is 11.0. The number of aryl methyl sites for hydroxylation is 2. The maximum atomic E-state index is 11.0. The van der Waals surface area contributed by atoms with Gasteiger partial charge in [0, 0.05) is 6.54 Å². The molecule has 0 bridgehead atoms. The van der Waals surface area contributed by atoms with Gasteiger partial charge in [-0.2, -0.15) is 0 Å². The summed E-state index contributed by atoms with van der Waals surface area (Å²) in [6, 6.07) is 1.76. The fourth-order valence-electron chi connectivity index (χ4n) is 2.04. The molecule has 0 aliphatic carbocycles. The molecule has 0 unspecified atom stereocenters. The topological polar surface area (TPSA) is 76.4 Å². The molecule has 1 rings (SSSR count). The summed E-state index contributed by atoms with van der Waals surface area (Å²) in [5.74, 6) is 5.90. The van der Waals surface area contributed by atoms with E-state index in [0.717, 1.165) is 16.9 Å². The Kier molecular flexibility index (Phi) is 4.97. The molecular formula is C13H21N3O2. The number of hydrazine groups is 1. The van der Waals surface area contributed by atoms with E-state index >= 15 is 0 Å². The Morgan fingerprint density at radius 3 is 2.56 bits per heavy atom. The van der Waals surface area contributed by atoms with Crippen LogP contribution in [0.15, 0.2) is 6.07 Å². The Balaban J connectivity index is 2.88. The van der Waals surface area contributed by atoms with Crippen LogP contribution in [-0.4, -0.2) is 19.7 Å². The SMILES string of the molecule is COc1c(C)c(C)cc(C)c1CCNC(=O)NN. The minimum Gasteiger partial charge on any atom is -0.496 e. The summed E-state index contributed by atoms with van der Waals surface area (Å²) in [5.41, 5.74) is 6.68. The molecule has 0 atom stereocenters. The molecule has 0 radical (unpaired) electrons. The zero-order valence-electron chi connectivity index (χ0n) is 11.4. The van der Waals surface area contributed by atoms with Crippen molar-refractivity contribution in [3.05, 3.63) is 28.3 Å². The van der Waals surface area contributed by atoms with E-state index in [1.54, 1.807) is 7.11 Å². The number of benzene rings is 1. The fourth-order valence-corrected chi connectivity index (χ4v) is 2.04. The largest absolute Gasteiger partial charge is 0.496 e. The van der Waals surface area contributed by atoms with E-state index in [2.05, 4.69) is 18.3 Å². The predicted octanol–water partition coefficient (Wildman–Crippen LogP) is 1.34. The van der Waals surface area contributed by atoms with Gasteiger partial charge < -0.3 is 10.1 Å². The van der Waals surface area contributed by atoms with E-state index in [1.807, 2.05) is 19.3 Å². The first kappa shape index (κ1) is 14.3. The van der Waals surface area contributed by atoms with Gasteiger partial charge in [-0.25, -0.2) is 10.6 Å². The zero-order valence-corrected chi connectivity index (χ0v) is 11.4. The summed E-state index contributed by atoms with van der Waals surface area (Å²) in [5, 5.41) is 2.66. The van der Waals surface area contributed by atoms with Crippen molar-refractivity contribution in [3.63, 3.8) is 0 Å². The standard InChI is InChI=1S/C13H21N3O2/c1-8-7-9(2)11(12(18-4)10(8)3)5-6-15-13(17)16-14/h7H,5-6,14H2,1-4H3,(H2,15,16,17). The Bertz CT molecular complexity index is 444. The molecule has 0 aliphatic heterocycles. The van der Waals surface area contributed by atoms with Crippen LogP contribution in [0.1, 0.15) is 22.3 Å². The van der Waals surface area contributed by atoms with Gasteiger partial charge in [0.15, 0.2) is 0 Å². The number of carbonyl (C=O) groups is 1. The third-order valence-corrected chi connectivity index (χ3v) is 3.11. The van der Waals surface area contributed by atoms with Crippen molar-refractivity contribution in [3.8, 4) is 5.75 Å². The van der Waals surface area contributed by atoms with Gasteiger partial charge in [0.2, 0.25) is 0 Å². The molecule has 1 aromatic carbocycles. The van der Waals surface area contributed by atoms with Crippen molar-refractivity contribution >= 4 is 6.03 Å². The Morgan fingerprint density at radius 1 is 1.33 bits per heavy atom. The number of nitrogens with two attached hydrogens (primary N) is 1. The molecule has 0 saturated heterocycles. The Labute approximate surface area is 108 Å². The van der Waals surface area contributed by atoms with Crippen LogP contribution in [0.3, 0.4) is 0 Å². The molecule has 4 N–H and O–H groups in total. The minimum absolute atomic E-state index is 0.379. The fraction of sp³-hybridized carbons (Fsp3) is 0.462. The first-order valence-corrected chi connectivity index (χ1v) is 5.89. The van der Waals surface area contributed by atoms with Crippen LogP contribution in [0.5, 0.6) is 5.75 Å². The number of hydrogen-bond acceptors (Lipinski definition) is 3. The number of urea groups is 1. The van der Waals surface area contributed by atoms with Crippen molar-refractivity contribution < 1.29 is 9.53 Å².